The molecule has 4 rings (SSSR count). The van der Waals surface area contributed by atoms with Crippen LogP contribution in [0.2, 0.25) is 0 Å². The summed E-state index contributed by atoms with van der Waals surface area (Å²) in [6.45, 7) is -1.79. The van der Waals surface area contributed by atoms with Crippen molar-refractivity contribution in [3.8, 4) is 5.75 Å². The number of nitrogens with zero attached hydrogens (tertiary/aromatic N) is 3. The number of carbonyl (C=O) groups is 1. The number of rotatable bonds is 7. The maximum Gasteiger partial charge on any atom is 0.387 e. The summed E-state index contributed by atoms with van der Waals surface area (Å²) in [7, 11) is 0. The van der Waals surface area contributed by atoms with Crippen molar-refractivity contribution in [3.05, 3.63) is 47.3 Å². The van der Waals surface area contributed by atoms with Crippen LogP contribution in [0.25, 0.3) is 11.0 Å². The van der Waals surface area contributed by atoms with Gasteiger partial charge in [-0.2, -0.15) is 13.9 Å². The van der Waals surface area contributed by atoms with E-state index in [2.05, 4.69) is 20.1 Å². The fourth-order valence-corrected chi connectivity index (χ4v) is 3.37. The molecular weight excluding hydrogens is 404 g/mol. The number of pyridine rings is 1. The lowest BCUT2D eigenvalue weighted by Gasteiger charge is -2.12. The molecule has 30 heavy (non-hydrogen) atoms. The van der Waals surface area contributed by atoms with E-state index in [0.29, 0.717) is 11.4 Å². The highest BCUT2D eigenvalue weighted by Gasteiger charge is 2.29. The first-order valence-corrected chi connectivity index (χ1v) is 9.33. The fraction of sp³-hybridized carbons (Fsp3) is 0.350. The van der Waals surface area contributed by atoms with Crippen molar-refractivity contribution in [1.29, 1.82) is 0 Å². The molecule has 1 saturated carbocycles. The Kier molecular flexibility index (Phi) is 5.31. The molecule has 0 atom stereocenters. The summed E-state index contributed by atoms with van der Waals surface area (Å²) in [5, 5.41) is 6.93. The minimum atomic E-state index is -3.04. The normalized spacial score (nSPS) is 14.0. The highest BCUT2D eigenvalue weighted by molar-refractivity contribution is 5.93. The number of aryl methyl sites for hydroxylation is 1. The summed E-state index contributed by atoms with van der Waals surface area (Å²) < 4.78 is 58.0. The average molecular weight is 422 g/mol. The SMILES string of the molecule is Cc1nn(CC(=O)Nc2ccccc2OC(F)F)c2nc(C3CC3)cc(C(F)F)c12. The van der Waals surface area contributed by atoms with E-state index in [1.807, 2.05) is 0 Å². The van der Waals surface area contributed by atoms with Crippen LogP contribution in [0, 0.1) is 6.92 Å². The molecule has 1 amide bonds. The number of alkyl halides is 4. The van der Waals surface area contributed by atoms with Crippen LogP contribution in [0.3, 0.4) is 0 Å². The number of carbonyl (C=O) groups excluding carboxylic acids is 1. The fourth-order valence-electron chi connectivity index (χ4n) is 3.37. The molecule has 1 aromatic carbocycles. The second-order valence-electron chi connectivity index (χ2n) is 7.08. The Hall–Kier alpha value is -3.17. The second kappa shape index (κ2) is 7.92. The Morgan fingerprint density at radius 1 is 1.27 bits per heavy atom. The van der Waals surface area contributed by atoms with Crippen molar-refractivity contribution >= 4 is 22.6 Å². The van der Waals surface area contributed by atoms with Crippen molar-refractivity contribution in [2.24, 2.45) is 0 Å². The number of ether oxygens (including phenoxy) is 1. The Morgan fingerprint density at radius 2 is 2.00 bits per heavy atom. The van der Waals surface area contributed by atoms with Crippen LogP contribution in [-0.2, 0) is 11.3 Å². The third kappa shape index (κ3) is 4.07. The van der Waals surface area contributed by atoms with E-state index in [0.717, 1.165) is 12.8 Å². The summed E-state index contributed by atoms with van der Waals surface area (Å²) in [5.74, 6) is -0.624. The van der Waals surface area contributed by atoms with E-state index in [9.17, 15) is 22.4 Å². The van der Waals surface area contributed by atoms with E-state index in [4.69, 9.17) is 0 Å². The molecule has 0 bridgehead atoms. The lowest BCUT2D eigenvalue weighted by atomic mass is 10.1. The van der Waals surface area contributed by atoms with Crippen LogP contribution in [0.15, 0.2) is 30.3 Å². The smallest absolute Gasteiger partial charge is 0.387 e. The Morgan fingerprint density at radius 3 is 2.67 bits per heavy atom. The van der Waals surface area contributed by atoms with Gasteiger partial charge < -0.3 is 10.1 Å². The molecule has 158 valence electrons. The molecule has 0 saturated heterocycles. The number of nitrogens with one attached hydrogen (secondary N) is 1. The van der Waals surface area contributed by atoms with E-state index in [-0.39, 0.29) is 40.5 Å². The zero-order chi connectivity index (χ0) is 21.4. The number of anilines is 1. The highest BCUT2D eigenvalue weighted by atomic mass is 19.3. The maximum absolute atomic E-state index is 13.6. The first-order valence-electron chi connectivity index (χ1n) is 9.33. The number of amides is 1. The van der Waals surface area contributed by atoms with Gasteiger partial charge in [-0.3, -0.25) is 4.79 Å². The van der Waals surface area contributed by atoms with Crippen LogP contribution >= 0.6 is 0 Å². The Labute approximate surface area is 168 Å². The van der Waals surface area contributed by atoms with E-state index in [1.165, 1.54) is 28.9 Å². The van der Waals surface area contributed by atoms with Gasteiger partial charge in [-0.1, -0.05) is 12.1 Å². The van der Waals surface area contributed by atoms with Gasteiger partial charge in [0.05, 0.1) is 16.8 Å². The van der Waals surface area contributed by atoms with Gasteiger partial charge >= 0.3 is 6.61 Å². The Balaban J connectivity index is 1.64. The van der Waals surface area contributed by atoms with Crippen molar-refractivity contribution in [2.45, 2.75) is 45.3 Å². The van der Waals surface area contributed by atoms with Crippen molar-refractivity contribution in [2.75, 3.05) is 5.32 Å². The number of aromatic nitrogens is 3. The van der Waals surface area contributed by atoms with Gasteiger partial charge in [-0.15, -0.1) is 0 Å². The number of benzene rings is 1. The van der Waals surface area contributed by atoms with E-state index >= 15 is 0 Å². The third-order valence-corrected chi connectivity index (χ3v) is 4.83. The number of fused-ring (bicyclic) bond motifs is 1. The van der Waals surface area contributed by atoms with Crippen LogP contribution < -0.4 is 10.1 Å². The molecule has 0 radical (unpaired) electrons. The molecule has 6 nitrogen and oxygen atoms in total. The minimum absolute atomic E-state index is 0.0656. The summed E-state index contributed by atoms with van der Waals surface area (Å²) in [5.41, 5.74) is 1.02. The average Bonchev–Trinajstić information content (AvgIpc) is 3.48. The predicted octanol–water partition coefficient (Wildman–Crippen LogP) is 4.79. The van der Waals surface area contributed by atoms with Gasteiger partial charge in [0.25, 0.3) is 6.43 Å². The van der Waals surface area contributed by atoms with Gasteiger partial charge in [0.15, 0.2) is 5.65 Å². The molecule has 0 unspecified atom stereocenters. The largest absolute Gasteiger partial charge is 0.433 e. The molecule has 10 heteroatoms. The van der Waals surface area contributed by atoms with Crippen LogP contribution in [0.1, 0.15) is 42.1 Å². The minimum Gasteiger partial charge on any atom is -0.433 e. The third-order valence-electron chi connectivity index (χ3n) is 4.83. The molecule has 3 aromatic rings. The van der Waals surface area contributed by atoms with Gasteiger partial charge in [0.1, 0.15) is 12.3 Å². The van der Waals surface area contributed by atoms with Crippen molar-refractivity contribution in [1.82, 2.24) is 14.8 Å². The van der Waals surface area contributed by atoms with Gasteiger partial charge in [0.2, 0.25) is 5.91 Å². The molecule has 1 aliphatic carbocycles. The summed E-state index contributed by atoms with van der Waals surface area (Å²) in [6, 6.07) is 7.18. The predicted molar refractivity (Wildman–Crippen MR) is 101 cm³/mol. The standard InChI is InChI=1S/C20H18F4N4O2/c1-10-17-12(18(21)22)8-14(11-6-7-11)26-19(17)28(27-10)9-16(29)25-13-4-2-3-5-15(13)30-20(23)24/h2-5,8,11,18,20H,6-7,9H2,1H3,(H,25,29). The molecule has 2 aromatic heterocycles. The first kappa shape index (κ1) is 20.1. The lowest BCUT2D eigenvalue weighted by molar-refractivity contribution is -0.116. The topological polar surface area (TPSA) is 69.0 Å². The maximum atomic E-state index is 13.6. The van der Waals surface area contributed by atoms with E-state index < -0.39 is 18.9 Å². The van der Waals surface area contributed by atoms with Crippen LogP contribution in [-0.4, -0.2) is 27.3 Å². The van der Waals surface area contributed by atoms with Gasteiger partial charge in [-0.05, 0) is 38.0 Å². The number of para-hydroxylation sites is 2. The lowest BCUT2D eigenvalue weighted by Crippen LogP contribution is -2.20. The highest BCUT2D eigenvalue weighted by Crippen LogP contribution is 2.42. The van der Waals surface area contributed by atoms with Crippen LogP contribution in [0.4, 0.5) is 23.2 Å². The number of halogens is 4. The van der Waals surface area contributed by atoms with E-state index in [1.54, 1.807) is 13.0 Å². The molecule has 1 fully saturated rings. The summed E-state index contributed by atoms with van der Waals surface area (Å²) in [6.07, 6.45) is -0.928. The quantitative estimate of drug-likeness (QED) is 0.556. The zero-order valence-electron chi connectivity index (χ0n) is 15.9. The number of hydrogen-bond donors (Lipinski definition) is 1. The van der Waals surface area contributed by atoms with Gasteiger partial charge in [0, 0.05) is 17.2 Å². The Bertz CT molecular complexity index is 1100. The molecular formula is C20H18F4N4O2. The monoisotopic (exact) mass is 422 g/mol. The number of hydrogen-bond acceptors (Lipinski definition) is 4. The van der Waals surface area contributed by atoms with Crippen molar-refractivity contribution < 1.29 is 27.1 Å². The zero-order valence-corrected chi connectivity index (χ0v) is 15.9. The molecule has 2 heterocycles. The second-order valence-corrected chi connectivity index (χ2v) is 7.08. The molecule has 0 spiro atoms. The summed E-state index contributed by atoms with van der Waals surface area (Å²) in [4.78, 5) is 17.0. The first-order chi connectivity index (χ1) is 14.3. The van der Waals surface area contributed by atoms with Crippen LogP contribution in [0.5, 0.6) is 5.75 Å². The molecule has 1 N–H and O–H groups in total. The van der Waals surface area contributed by atoms with Crippen molar-refractivity contribution in [3.63, 3.8) is 0 Å². The van der Waals surface area contributed by atoms with Gasteiger partial charge in [-0.25, -0.2) is 18.4 Å². The molecule has 0 aliphatic heterocycles. The summed E-state index contributed by atoms with van der Waals surface area (Å²) >= 11 is 0. The molecule has 1 aliphatic rings.